The van der Waals surface area contributed by atoms with Crippen molar-refractivity contribution in [1.82, 2.24) is 4.98 Å². The highest BCUT2D eigenvalue weighted by atomic mass is 32.1. The second kappa shape index (κ2) is 3.56. The summed E-state index contributed by atoms with van der Waals surface area (Å²) in [4.78, 5) is 5.16. The molecule has 2 heterocycles. The maximum absolute atomic E-state index is 13.2. The summed E-state index contributed by atoms with van der Waals surface area (Å²) in [6.45, 7) is 0. The summed E-state index contributed by atoms with van der Waals surface area (Å²) >= 11 is 1.24. The van der Waals surface area contributed by atoms with E-state index in [1.165, 1.54) is 29.7 Å². The fourth-order valence-electron chi connectivity index (χ4n) is 1.09. The molecule has 0 fully saturated rings. The van der Waals surface area contributed by atoms with Gasteiger partial charge in [-0.3, -0.25) is 4.98 Å². The van der Waals surface area contributed by atoms with Crippen LogP contribution >= 0.6 is 11.3 Å². The zero-order chi connectivity index (χ0) is 9.97. The predicted molar refractivity (Wildman–Crippen MR) is 52.2 cm³/mol. The molecule has 0 unspecified atom stereocenters. The summed E-state index contributed by atoms with van der Waals surface area (Å²) in [5.74, 6) is -0.362. The molecule has 0 spiro atoms. The second-order valence-corrected chi connectivity index (χ2v) is 3.69. The number of pyridine rings is 1. The number of thiophene rings is 1. The summed E-state index contributed by atoms with van der Waals surface area (Å²) in [5.41, 5.74) is 0.305. The van der Waals surface area contributed by atoms with E-state index in [0.717, 1.165) is 0 Å². The Hall–Kier alpha value is -1.73. The first-order chi connectivity index (χ1) is 6.81. The molecule has 14 heavy (non-hydrogen) atoms. The lowest BCUT2D eigenvalue weighted by Crippen LogP contribution is -1.84. The average Bonchev–Trinajstić information content (AvgIpc) is 2.67. The molecule has 2 rings (SSSR count). The molecule has 0 aliphatic rings. The van der Waals surface area contributed by atoms with E-state index >= 15 is 0 Å². The molecule has 0 N–H and O–H groups in total. The number of halogens is 1. The highest BCUT2D eigenvalue weighted by molar-refractivity contribution is 7.15. The van der Waals surface area contributed by atoms with Gasteiger partial charge in [-0.2, -0.15) is 5.26 Å². The van der Waals surface area contributed by atoms with Gasteiger partial charge in [0.1, 0.15) is 22.5 Å². The summed E-state index contributed by atoms with van der Waals surface area (Å²) in [6, 6.07) is 8.26. The smallest absolute Gasteiger partial charge is 0.150 e. The summed E-state index contributed by atoms with van der Waals surface area (Å²) in [7, 11) is 0. The van der Waals surface area contributed by atoms with Crippen molar-refractivity contribution < 1.29 is 4.39 Å². The first-order valence-corrected chi connectivity index (χ1v) is 4.74. The Morgan fingerprint density at radius 1 is 1.36 bits per heavy atom. The van der Waals surface area contributed by atoms with E-state index in [2.05, 4.69) is 4.98 Å². The van der Waals surface area contributed by atoms with Crippen molar-refractivity contribution in [3.63, 3.8) is 0 Å². The summed E-state index contributed by atoms with van der Waals surface area (Å²) in [5, 5.41) is 8.61. The van der Waals surface area contributed by atoms with Gasteiger partial charge in [0.05, 0.1) is 4.88 Å². The van der Waals surface area contributed by atoms with Crippen molar-refractivity contribution in [3.8, 4) is 16.6 Å². The van der Waals surface area contributed by atoms with Crippen LogP contribution in [0.5, 0.6) is 0 Å². The summed E-state index contributed by atoms with van der Waals surface area (Å²) in [6.07, 6.45) is 1.53. The first-order valence-electron chi connectivity index (χ1n) is 3.92. The van der Waals surface area contributed by atoms with Crippen LogP contribution < -0.4 is 0 Å². The fraction of sp³-hybridized carbons (Fsp3) is 0. The lowest BCUT2D eigenvalue weighted by atomic mass is 10.3. The molecule has 0 bridgehead atoms. The Bertz CT molecular complexity index is 499. The van der Waals surface area contributed by atoms with Crippen LogP contribution in [-0.4, -0.2) is 4.98 Å². The maximum atomic E-state index is 13.2. The Morgan fingerprint density at radius 3 is 2.86 bits per heavy atom. The zero-order valence-corrected chi connectivity index (χ0v) is 7.88. The molecule has 2 aromatic rings. The van der Waals surface area contributed by atoms with Gasteiger partial charge in [-0.1, -0.05) is 0 Å². The van der Waals surface area contributed by atoms with E-state index in [1.54, 1.807) is 12.1 Å². The molecular weight excluding hydrogens is 199 g/mol. The topological polar surface area (TPSA) is 36.7 Å². The molecular formula is C10H5FN2S. The number of hydrogen-bond acceptors (Lipinski definition) is 3. The van der Waals surface area contributed by atoms with Gasteiger partial charge in [-0.25, -0.2) is 4.39 Å². The molecule has 0 aliphatic carbocycles. The molecule has 2 aromatic heterocycles. The van der Waals surface area contributed by atoms with Crippen molar-refractivity contribution in [3.05, 3.63) is 41.2 Å². The van der Waals surface area contributed by atoms with E-state index in [4.69, 9.17) is 5.26 Å². The highest BCUT2D eigenvalue weighted by Gasteiger charge is 2.08. The van der Waals surface area contributed by atoms with Gasteiger partial charge in [-0.05, 0) is 24.3 Å². The molecule has 2 nitrogen and oxygen atoms in total. The van der Waals surface area contributed by atoms with Gasteiger partial charge in [0, 0.05) is 6.20 Å². The van der Waals surface area contributed by atoms with Gasteiger partial charge in [0.25, 0.3) is 0 Å². The Balaban J connectivity index is 2.51. The number of hydrogen-bond donors (Lipinski definition) is 0. The van der Waals surface area contributed by atoms with Crippen molar-refractivity contribution in [2.24, 2.45) is 0 Å². The molecule has 4 heteroatoms. The third kappa shape index (κ3) is 1.50. The van der Waals surface area contributed by atoms with Gasteiger partial charge in [0.2, 0.25) is 0 Å². The lowest BCUT2D eigenvalue weighted by molar-refractivity contribution is 0.626. The van der Waals surface area contributed by atoms with E-state index in [9.17, 15) is 4.39 Å². The number of rotatable bonds is 1. The van der Waals surface area contributed by atoms with E-state index < -0.39 is 0 Å². The zero-order valence-electron chi connectivity index (χ0n) is 7.07. The third-order valence-electron chi connectivity index (χ3n) is 1.71. The van der Waals surface area contributed by atoms with Crippen molar-refractivity contribution in [1.29, 1.82) is 5.26 Å². The normalized spacial score (nSPS) is 9.71. The molecule has 0 aromatic carbocycles. The quantitative estimate of drug-likeness (QED) is 0.716. The van der Waals surface area contributed by atoms with Gasteiger partial charge < -0.3 is 0 Å². The SMILES string of the molecule is N#Cc1ccc(-c2ncccc2F)s1. The number of nitriles is 1. The van der Waals surface area contributed by atoms with Crippen molar-refractivity contribution in [2.75, 3.05) is 0 Å². The molecule has 0 atom stereocenters. The van der Waals surface area contributed by atoms with E-state index in [1.807, 2.05) is 6.07 Å². The van der Waals surface area contributed by atoms with E-state index in [0.29, 0.717) is 15.4 Å². The lowest BCUT2D eigenvalue weighted by Gasteiger charge is -1.96. The van der Waals surface area contributed by atoms with Crippen LogP contribution in [0.3, 0.4) is 0 Å². The van der Waals surface area contributed by atoms with Crippen LogP contribution in [-0.2, 0) is 0 Å². The second-order valence-electron chi connectivity index (χ2n) is 2.61. The van der Waals surface area contributed by atoms with Crippen LogP contribution in [0.1, 0.15) is 4.88 Å². The highest BCUT2D eigenvalue weighted by Crippen LogP contribution is 2.27. The largest absolute Gasteiger partial charge is 0.252 e. The Kier molecular flexibility index (Phi) is 2.25. The minimum Gasteiger partial charge on any atom is -0.252 e. The molecule has 68 valence electrons. The van der Waals surface area contributed by atoms with Gasteiger partial charge in [-0.15, -0.1) is 11.3 Å². The fourth-order valence-corrected chi connectivity index (χ4v) is 1.89. The van der Waals surface area contributed by atoms with Crippen LogP contribution in [0.25, 0.3) is 10.6 Å². The molecule has 0 amide bonds. The monoisotopic (exact) mass is 204 g/mol. The van der Waals surface area contributed by atoms with Gasteiger partial charge >= 0.3 is 0 Å². The minimum absolute atomic E-state index is 0.305. The average molecular weight is 204 g/mol. The van der Waals surface area contributed by atoms with Gasteiger partial charge in [0.15, 0.2) is 0 Å². The molecule has 0 saturated carbocycles. The van der Waals surface area contributed by atoms with Crippen LogP contribution in [0.4, 0.5) is 4.39 Å². The first kappa shape index (κ1) is 8.85. The number of aromatic nitrogens is 1. The maximum Gasteiger partial charge on any atom is 0.150 e. The third-order valence-corrected chi connectivity index (χ3v) is 2.70. The molecule has 0 radical (unpaired) electrons. The minimum atomic E-state index is -0.362. The Morgan fingerprint density at radius 2 is 2.21 bits per heavy atom. The van der Waals surface area contributed by atoms with Crippen LogP contribution in [0, 0.1) is 17.1 Å². The van der Waals surface area contributed by atoms with Crippen LogP contribution in [0.15, 0.2) is 30.5 Å². The predicted octanol–water partition coefficient (Wildman–Crippen LogP) is 2.82. The van der Waals surface area contributed by atoms with Crippen molar-refractivity contribution >= 4 is 11.3 Å². The summed E-state index contributed by atoms with van der Waals surface area (Å²) < 4.78 is 13.2. The Labute approximate surface area is 84.3 Å². The van der Waals surface area contributed by atoms with Crippen LogP contribution in [0.2, 0.25) is 0 Å². The standard InChI is InChI=1S/C10H5FN2S/c11-8-2-1-5-13-10(8)9-4-3-7(6-12)14-9/h1-5H. The van der Waals surface area contributed by atoms with Crippen molar-refractivity contribution in [2.45, 2.75) is 0 Å². The molecule has 0 saturated heterocycles. The number of nitrogens with zero attached hydrogens (tertiary/aromatic N) is 2. The molecule has 0 aliphatic heterocycles. The van der Waals surface area contributed by atoms with E-state index in [-0.39, 0.29) is 5.82 Å².